The summed E-state index contributed by atoms with van der Waals surface area (Å²) in [6.45, 7) is 0.560. The molecular weight excluding hydrogens is 359 g/mol. The van der Waals surface area contributed by atoms with Crippen molar-refractivity contribution >= 4 is 17.8 Å². The molecule has 3 rings (SSSR count). The van der Waals surface area contributed by atoms with E-state index < -0.39 is 30.0 Å². The molecule has 2 aliphatic rings. The van der Waals surface area contributed by atoms with Gasteiger partial charge in [-0.2, -0.15) is 0 Å². The van der Waals surface area contributed by atoms with Gasteiger partial charge in [0.2, 0.25) is 11.8 Å². The summed E-state index contributed by atoms with van der Waals surface area (Å²) in [6.07, 6.45) is 2.54. The van der Waals surface area contributed by atoms with Crippen molar-refractivity contribution < 1.29 is 49.0 Å². The molecule has 0 aliphatic carbocycles. The van der Waals surface area contributed by atoms with Crippen LogP contribution < -0.4 is 51.0 Å². The van der Waals surface area contributed by atoms with Crippen molar-refractivity contribution in [3.63, 3.8) is 0 Å². The molecule has 8 nitrogen and oxygen atoms in total. The number of benzene rings is 1. The van der Waals surface area contributed by atoms with E-state index in [0.717, 1.165) is 24.8 Å². The molecule has 2 heterocycles. The molecule has 1 aromatic carbocycles. The van der Waals surface area contributed by atoms with Gasteiger partial charge in [0, 0.05) is 13.0 Å². The monoisotopic (exact) mass is 382 g/mol. The van der Waals surface area contributed by atoms with Crippen LogP contribution in [0.25, 0.3) is 0 Å². The van der Waals surface area contributed by atoms with E-state index in [0.29, 0.717) is 13.0 Å². The van der Waals surface area contributed by atoms with Gasteiger partial charge in [0.25, 0.3) is 0 Å². The fourth-order valence-corrected chi connectivity index (χ4v) is 3.31. The average molecular weight is 382 g/mol. The van der Waals surface area contributed by atoms with Gasteiger partial charge in [-0.15, -0.1) is 0 Å². The third-order valence-electron chi connectivity index (χ3n) is 4.85. The Balaban J connectivity index is 0.00000261. The zero-order valence-electron chi connectivity index (χ0n) is 15.4. The number of rotatable bonds is 6. The normalized spacial score (nSPS) is 25.1. The summed E-state index contributed by atoms with van der Waals surface area (Å²) in [5, 5.41) is 16.1. The van der Waals surface area contributed by atoms with Crippen LogP contribution in [0.3, 0.4) is 0 Å². The van der Waals surface area contributed by atoms with Gasteiger partial charge in [0.05, 0.1) is 18.2 Å². The molecule has 0 bridgehead atoms. The van der Waals surface area contributed by atoms with Gasteiger partial charge < -0.3 is 25.9 Å². The van der Waals surface area contributed by atoms with Gasteiger partial charge in [0.1, 0.15) is 12.1 Å². The second-order valence-corrected chi connectivity index (χ2v) is 6.79. The second kappa shape index (κ2) is 9.66. The molecule has 2 amide bonds. The number of carboxylic acids is 1. The third-order valence-corrected chi connectivity index (χ3v) is 4.85. The molecule has 4 N–H and O–H groups in total. The summed E-state index contributed by atoms with van der Waals surface area (Å²) < 4.78 is 0. The Morgan fingerprint density at radius 2 is 1.93 bits per heavy atom. The number of nitrogens with one attached hydrogen (secondary N) is 2. The Bertz CT molecular complexity index is 687. The molecule has 4 atom stereocenters. The fraction of sp³-hybridized carbons (Fsp3) is 0.500. The molecule has 140 valence electrons. The van der Waals surface area contributed by atoms with Crippen molar-refractivity contribution in [3.05, 3.63) is 35.9 Å². The van der Waals surface area contributed by atoms with Crippen LogP contribution in [0, 0.1) is 0 Å². The van der Waals surface area contributed by atoms with Gasteiger partial charge in [-0.1, -0.05) is 30.3 Å². The molecule has 1 aromatic rings. The predicted octanol–water partition coefficient (Wildman–Crippen LogP) is -4.89. The van der Waals surface area contributed by atoms with Crippen molar-refractivity contribution in [2.24, 2.45) is 5.73 Å². The van der Waals surface area contributed by atoms with E-state index in [-0.39, 0.29) is 41.6 Å². The number of likely N-dealkylation sites (tertiary alicyclic amines) is 1. The van der Waals surface area contributed by atoms with Gasteiger partial charge >= 0.3 is 29.6 Å². The number of carbonyl (C=O) groups excluding carboxylic acids is 3. The van der Waals surface area contributed by atoms with Gasteiger partial charge in [0.15, 0.2) is 0 Å². The zero-order chi connectivity index (χ0) is 18.7. The topological polar surface area (TPSA) is 138 Å². The van der Waals surface area contributed by atoms with Crippen molar-refractivity contribution in [1.82, 2.24) is 15.5 Å². The van der Waals surface area contributed by atoms with E-state index in [1.54, 1.807) is 4.90 Å². The van der Waals surface area contributed by atoms with Crippen LogP contribution in [-0.2, 0) is 20.8 Å². The predicted molar refractivity (Wildman–Crippen MR) is 91.3 cm³/mol. The Morgan fingerprint density at radius 1 is 1.22 bits per heavy atom. The molecular formula is C18H23N4NaO4. The van der Waals surface area contributed by atoms with Gasteiger partial charge in [-0.25, -0.2) is 0 Å². The SMILES string of the molecule is NC1CCCCN1C(=O)[C@H](Cc1ccccc1)NC(=O)[C@H]1N[C@@H]1C(=O)[O-].[Na+]. The first-order valence-electron chi connectivity index (χ1n) is 8.84. The first kappa shape index (κ1) is 21.8. The second-order valence-electron chi connectivity index (χ2n) is 6.79. The van der Waals surface area contributed by atoms with Crippen molar-refractivity contribution in [3.8, 4) is 0 Å². The Kier molecular flexibility index (Phi) is 7.81. The van der Waals surface area contributed by atoms with E-state index >= 15 is 0 Å². The van der Waals surface area contributed by atoms with Crippen LogP contribution in [0.15, 0.2) is 30.3 Å². The number of piperidine rings is 1. The molecule has 0 radical (unpaired) electrons. The maximum Gasteiger partial charge on any atom is 1.00 e. The van der Waals surface area contributed by atoms with E-state index in [2.05, 4.69) is 10.6 Å². The Labute approximate surface area is 180 Å². The minimum Gasteiger partial charge on any atom is -0.548 e. The number of amides is 2. The quantitative estimate of drug-likeness (QED) is 0.333. The molecule has 0 aromatic heterocycles. The summed E-state index contributed by atoms with van der Waals surface area (Å²) >= 11 is 0. The molecule has 9 heteroatoms. The minimum absolute atomic E-state index is 0. The number of nitrogens with two attached hydrogens (primary N) is 1. The summed E-state index contributed by atoms with van der Waals surface area (Å²) in [4.78, 5) is 37.7. The van der Waals surface area contributed by atoms with Crippen LogP contribution >= 0.6 is 0 Å². The summed E-state index contributed by atoms with van der Waals surface area (Å²) in [5.41, 5.74) is 6.97. The smallest absolute Gasteiger partial charge is 0.548 e. The van der Waals surface area contributed by atoms with Crippen molar-refractivity contribution in [1.29, 1.82) is 0 Å². The molecule has 0 spiro atoms. The summed E-state index contributed by atoms with van der Waals surface area (Å²) in [6, 6.07) is 6.70. The number of hydrogen-bond acceptors (Lipinski definition) is 6. The maximum absolute atomic E-state index is 13.0. The standard InChI is InChI=1S/C18H24N4O4.Na/c19-13-8-4-5-9-22(13)17(24)12(10-11-6-2-1-3-7-11)20-16(23)14-15(21-14)18(25)26;/h1-3,6-7,12-15,21H,4-5,8-10,19H2,(H,20,23)(H,25,26);/q;+1/p-1/t12-,13?,14-,15-;/m0./s1. The average Bonchev–Trinajstić information content (AvgIpc) is 3.43. The fourth-order valence-electron chi connectivity index (χ4n) is 3.31. The summed E-state index contributed by atoms with van der Waals surface area (Å²) in [7, 11) is 0. The Hall–Kier alpha value is -1.45. The number of aliphatic carboxylic acids is 1. The first-order valence-corrected chi connectivity index (χ1v) is 8.84. The molecule has 27 heavy (non-hydrogen) atoms. The van der Waals surface area contributed by atoms with E-state index in [9.17, 15) is 19.5 Å². The largest absolute Gasteiger partial charge is 1.00 e. The zero-order valence-corrected chi connectivity index (χ0v) is 17.4. The van der Waals surface area contributed by atoms with E-state index in [1.165, 1.54) is 0 Å². The van der Waals surface area contributed by atoms with Crippen LogP contribution in [0.4, 0.5) is 0 Å². The molecule has 2 saturated heterocycles. The van der Waals surface area contributed by atoms with Gasteiger partial charge in [-0.05, 0) is 24.8 Å². The van der Waals surface area contributed by atoms with Crippen molar-refractivity contribution in [2.75, 3.05) is 6.54 Å². The maximum atomic E-state index is 13.0. The minimum atomic E-state index is -1.32. The van der Waals surface area contributed by atoms with Crippen LogP contribution in [0.2, 0.25) is 0 Å². The Morgan fingerprint density at radius 3 is 2.52 bits per heavy atom. The van der Waals surface area contributed by atoms with Gasteiger partial charge in [-0.3, -0.25) is 14.9 Å². The first-order chi connectivity index (χ1) is 12.5. The number of nitrogens with zero attached hydrogens (tertiary/aromatic N) is 1. The number of carbonyl (C=O) groups is 3. The molecule has 1 unspecified atom stereocenters. The number of carboxylic acid groups (broad SMARTS) is 1. The third kappa shape index (κ3) is 5.52. The van der Waals surface area contributed by atoms with Crippen LogP contribution in [0.5, 0.6) is 0 Å². The van der Waals surface area contributed by atoms with Crippen molar-refractivity contribution in [2.45, 2.75) is 50.0 Å². The summed E-state index contributed by atoms with van der Waals surface area (Å²) in [5.74, 6) is -2.08. The number of hydrogen-bond donors (Lipinski definition) is 3. The molecule has 0 saturated carbocycles. The van der Waals surface area contributed by atoms with Crippen LogP contribution in [-0.4, -0.2) is 53.5 Å². The molecule has 2 aliphatic heterocycles. The molecule has 2 fully saturated rings. The van der Waals surface area contributed by atoms with Crippen LogP contribution in [0.1, 0.15) is 24.8 Å². The van der Waals surface area contributed by atoms with E-state index in [4.69, 9.17) is 5.73 Å². The van der Waals surface area contributed by atoms with E-state index in [1.807, 2.05) is 30.3 Å².